The third-order valence-electron chi connectivity index (χ3n) is 3.76. The van der Waals surface area contributed by atoms with Crippen molar-refractivity contribution in [3.8, 4) is 0 Å². The lowest BCUT2D eigenvalue weighted by atomic mass is 10.2. The number of hydrogen-bond donors (Lipinski definition) is 2. The molecule has 0 amide bonds. The first-order chi connectivity index (χ1) is 11.1. The predicted octanol–water partition coefficient (Wildman–Crippen LogP) is 2.57. The van der Waals surface area contributed by atoms with Crippen LogP contribution in [-0.4, -0.2) is 55.1 Å². The minimum Gasteiger partial charge on any atom is -0.383 e. The second-order valence-corrected chi connectivity index (χ2v) is 6.40. The van der Waals surface area contributed by atoms with Gasteiger partial charge in [-0.15, -0.1) is 24.0 Å². The van der Waals surface area contributed by atoms with Crippen LogP contribution >= 0.6 is 35.7 Å². The van der Waals surface area contributed by atoms with Gasteiger partial charge in [-0.05, 0) is 38.7 Å². The number of aliphatic imine (C=N–C) groups is 1. The number of halogens is 1. The molecule has 0 atom stereocenters. The molecule has 8 heteroatoms. The molecular formula is C16H32IN5OS. The maximum atomic E-state index is 5.13. The zero-order valence-electron chi connectivity index (χ0n) is 15.5. The maximum Gasteiger partial charge on any atom is 0.191 e. The summed E-state index contributed by atoms with van der Waals surface area (Å²) in [7, 11) is 3.52. The number of thioether (sulfide) groups is 1. The van der Waals surface area contributed by atoms with Gasteiger partial charge in [-0.2, -0.15) is 16.9 Å². The van der Waals surface area contributed by atoms with Crippen molar-refractivity contribution < 1.29 is 4.74 Å². The zero-order chi connectivity index (χ0) is 17.1. The fraction of sp³-hybridized carbons (Fsp3) is 0.750. The van der Waals surface area contributed by atoms with Gasteiger partial charge in [0.1, 0.15) is 0 Å². The Hall–Kier alpha value is -0.480. The molecule has 6 nitrogen and oxygen atoms in total. The highest BCUT2D eigenvalue weighted by Gasteiger charge is 2.11. The number of methoxy groups -OCH3 is 1. The van der Waals surface area contributed by atoms with Crippen LogP contribution in [0.2, 0.25) is 0 Å². The van der Waals surface area contributed by atoms with Crippen LogP contribution in [0.1, 0.15) is 29.8 Å². The molecule has 0 bridgehead atoms. The van der Waals surface area contributed by atoms with Crippen LogP contribution in [0.15, 0.2) is 4.99 Å². The topological polar surface area (TPSA) is 63.5 Å². The Morgan fingerprint density at radius 1 is 1.29 bits per heavy atom. The highest BCUT2D eigenvalue weighted by molar-refractivity contribution is 14.0. The third-order valence-corrected chi connectivity index (χ3v) is 4.46. The van der Waals surface area contributed by atoms with Gasteiger partial charge in [0.15, 0.2) is 5.96 Å². The minimum atomic E-state index is 0. The zero-order valence-corrected chi connectivity index (χ0v) is 18.7. The number of guanidine groups is 1. The number of aromatic nitrogens is 2. The molecule has 0 aliphatic rings. The number of ether oxygens (including phenoxy) is 1. The van der Waals surface area contributed by atoms with Crippen LogP contribution < -0.4 is 10.6 Å². The van der Waals surface area contributed by atoms with Gasteiger partial charge in [0, 0.05) is 38.5 Å². The molecule has 0 unspecified atom stereocenters. The molecule has 0 saturated carbocycles. The van der Waals surface area contributed by atoms with Gasteiger partial charge in [-0.25, -0.2) is 0 Å². The lowest BCUT2D eigenvalue weighted by Crippen LogP contribution is -2.37. The number of rotatable bonds is 10. The Kier molecular flexibility index (Phi) is 13.5. The molecule has 1 aromatic rings. The van der Waals surface area contributed by atoms with Gasteiger partial charge in [0.05, 0.1) is 18.8 Å². The largest absolute Gasteiger partial charge is 0.383 e. The Morgan fingerprint density at radius 2 is 2.04 bits per heavy atom. The van der Waals surface area contributed by atoms with Crippen molar-refractivity contribution in [3.63, 3.8) is 0 Å². The van der Waals surface area contributed by atoms with E-state index in [1.54, 1.807) is 14.2 Å². The molecular weight excluding hydrogens is 437 g/mol. The van der Waals surface area contributed by atoms with E-state index in [0.29, 0.717) is 6.61 Å². The molecule has 140 valence electrons. The van der Waals surface area contributed by atoms with Crippen molar-refractivity contribution in [1.29, 1.82) is 0 Å². The lowest BCUT2D eigenvalue weighted by Gasteiger charge is -2.12. The van der Waals surface area contributed by atoms with Crippen LogP contribution in [0.4, 0.5) is 0 Å². The smallest absolute Gasteiger partial charge is 0.191 e. The van der Waals surface area contributed by atoms with Crippen LogP contribution in [0.5, 0.6) is 0 Å². The number of unbranched alkanes of at least 4 members (excludes halogenated alkanes) is 1. The minimum absolute atomic E-state index is 0. The molecule has 0 saturated heterocycles. The molecule has 1 aromatic heterocycles. The van der Waals surface area contributed by atoms with Gasteiger partial charge < -0.3 is 15.4 Å². The fourth-order valence-corrected chi connectivity index (χ4v) is 2.85. The van der Waals surface area contributed by atoms with E-state index in [2.05, 4.69) is 33.9 Å². The standard InChI is InChI=1S/C16H31N5OS.HI/c1-13-15(14(2)21(20-13)9-10-22-4)12-19-16(17-3)18-8-6-7-11-23-5;/h6-12H2,1-5H3,(H2,17,18,19);1H. The van der Waals surface area contributed by atoms with Gasteiger partial charge >= 0.3 is 0 Å². The molecule has 0 spiro atoms. The Labute approximate surface area is 167 Å². The summed E-state index contributed by atoms with van der Waals surface area (Å²) in [5.74, 6) is 2.06. The molecule has 0 fully saturated rings. The summed E-state index contributed by atoms with van der Waals surface area (Å²) in [4.78, 5) is 4.28. The number of nitrogens with zero attached hydrogens (tertiary/aromatic N) is 3. The second kappa shape index (κ2) is 13.8. The average Bonchev–Trinajstić information content (AvgIpc) is 2.82. The van der Waals surface area contributed by atoms with Gasteiger partial charge in [-0.3, -0.25) is 9.67 Å². The Bertz CT molecular complexity index is 493. The molecule has 2 N–H and O–H groups in total. The van der Waals surface area contributed by atoms with E-state index in [0.717, 1.165) is 37.7 Å². The van der Waals surface area contributed by atoms with Gasteiger partial charge in [0.2, 0.25) is 0 Å². The van der Waals surface area contributed by atoms with E-state index >= 15 is 0 Å². The molecule has 0 aromatic carbocycles. The highest BCUT2D eigenvalue weighted by atomic mass is 127. The first kappa shape index (κ1) is 23.5. The summed E-state index contributed by atoms with van der Waals surface area (Å²) in [5.41, 5.74) is 3.47. The number of hydrogen-bond acceptors (Lipinski definition) is 4. The number of aryl methyl sites for hydroxylation is 1. The average molecular weight is 469 g/mol. The summed E-state index contributed by atoms with van der Waals surface area (Å²) in [5, 5.41) is 11.3. The maximum absolute atomic E-state index is 5.13. The van der Waals surface area contributed by atoms with Crippen LogP contribution in [0.3, 0.4) is 0 Å². The van der Waals surface area contributed by atoms with Gasteiger partial charge in [0.25, 0.3) is 0 Å². The second-order valence-electron chi connectivity index (χ2n) is 5.42. The molecule has 0 aliphatic carbocycles. The van der Waals surface area contributed by atoms with Crippen molar-refractivity contribution in [2.24, 2.45) is 4.99 Å². The molecule has 1 heterocycles. The summed E-state index contributed by atoms with van der Waals surface area (Å²) < 4.78 is 7.14. The monoisotopic (exact) mass is 469 g/mol. The fourth-order valence-electron chi connectivity index (χ4n) is 2.36. The summed E-state index contributed by atoms with van der Waals surface area (Å²) in [6.07, 6.45) is 4.54. The van der Waals surface area contributed by atoms with Crippen LogP contribution in [0.25, 0.3) is 0 Å². The first-order valence-electron chi connectivity index (χ1n) is 8.09. The molecule has 1 rings (SSSR count). The Balaban J connectivity index is 0.00000529. The highest BCUT2D eigenvalue weighted by Crippen LogP contribution is 2.12. The normalized spacial score (nSPS) is 11.3. The van der Waals surface area contributed by atoms with E-state index in [-0.39, 0.29) is 24.0 Å². The lowest BCUT2D eigenvalue weighted by molar-refractivity contribution is 0.182. The summed E-state index contributed by atoms with van der Waals surface area (Å²) in [6.45, 7) is 7.29. The SMILES string of the molecule is CN=C(NCCCCSC)NCc1c(C)nn(CCOC)c1C.I. The first-order valence-corrected chi connectivity index (χ1v) is 9.48. The molecule has 24 heavy (non-hydrogen) atoms. The van der Waals surface area contributed by atoms with E-state index in [1.807, 2.05) is 23.4 Å². The number of nitrogens with one attached hydrogen (secondary N) is 2. The molecule has 0 radical (unpaired) electrons. The van der Waals surface area contributed by atoms with Crippen LogP contribution in [-0.2, 0) is 17.8 Å². The quantitative estimate of drug-likeness (QED) is 0.239. The van der Waals surface area contributed by atoms with E-state index in [9.17, 15) is 0 Å². The van der Waals surface area contributed by atoms with E-state index < -0.39 is 0 Å². The van der Waals surface area contributed by atoms with Crippen molar-refractivity contribution in [2.75, 3.05) is 39.3 Å². The summed E-state index contributed by atoms with van der Waals surface area (Å²) >= 11 is 1.89. The van der Waals surface area contributed by atoms with Crippen LogP contribution in [0, 0.1) is 13.8 Å². The Morgan fingerprint density at radius 3 is 2.67 bits per heavy atom. The van der Waals surface area contributed by atoms with Gasteiger partial charge in [-0.1, -0.05) is 0 Å². The van der Waals surface area contributed by atoms with Crippen molar-refractivity contribution in [2.45, 2.75) is 39.8 Å². The summed E-state index contributed by atoms with van der Waals surface area (Å²) in [6, 6.07) is 0. The predicted molar refractivity (Wildman–Crippen MR) is 115 cm³/mol. The molecule has 0 aliphatic heterocycles. The van der Waals surface area contributed by atoms with Crippen molar-refractivity contribution in [3.05, 3.63) is 17.0 Å². The van der Waals surface area contributed by atoms with Crippen molar-refractivity contribution in [1.82, 2.24) is 20.4 Å². The van der Waals surface area contributed by atoms with E-state index in [1.165, 1.54) is 23.4 Å². The third kappa shape index (κ3) is 8.06. The van der Waals surface area contributed by atoms with Crippen molar-refractivity contribution >= 4 is 41.7 Å². The van der Waals surface area contributed by atoms with E-state index in [4.69, 9.17) is 4.74 Å².